The number of carbonyl (C=O) groups excluding carboxylic acids is 2. The predicted octanol–water partition coefficient (Wildman–Crippen LogP) is 0.671. The standard InChI is InChI=1S/C7H14N2O4.2H3N/c8-6(10)12-4-2-1-3-5-13-7(9)11;;/h1-5H2,(H2,8,10)(H2,9,11);2*1H3. The first-order valence-corrected chi connectivity index (χ1v) is 3.97. The average molecular weight is 224 g/mol. The van der Waals surface area contributed by atoms with Gasteiger partial charge in [0.05, 0.1) is 13.2 Å². The van der Waals surface area contributed by atoms with E-state index in [1.54, 1.807) is 0 Å². The summed E-state index contributed by atoms with van der Waals surface area (Å²) in [5, 5.41) is 0. The Morgan fingerprint density at radius 3 is 1.40 bits per heavy atom. The lowest BCUT2D eigenvalue weighted by atomic mass is 10.2. The molecule has 0 radical (unpaired) electrons. The van der Waals surface area contributed by atoms with E-state index in [2.05, 4.69) is 9.47 Å². The van der Waals surface area contributed by atoms with Crippen LogP contribution in [0.5, 0.6) is 0 Å². The monoisotopic (exact) mass is 224 g/mol. The second kappa shape index (κ2) is 12.5. The second-order valence-electron chi connectivity index (χ2n) is 2.40. The molecule has 15 heavy (non-hydrogen) atoms. The van der Waals surface area contributed by atoms with Crippen LogP contribution in [0.25, 0.3) is 0 Å². The van der Waals surface area contributed by atoms with E-state index in [-0.39, 0.29) is 12.3 Å². The molecule has 0 atom stereocenters. The minimum absolute atomic E-state index is 0. The first-order valence-electron chi connectivity index (χ1n) is 3.97. The molecule has 0 unspecified atom stereocenters. The van der Waals surface area contributed by atoms with Crippen molar-refractivity contribution in [2.75, 3.05) is 13.2 Å². The van der Waals surface area contributed by atoms with Crippen molar-refractivity contribution in [1.29, 1.82) is 0 Å². The number of carbonyl (C=O) groups is 2. The summed E-state index contributed by atoms with van der Waals surface area (Å²) in [6.07, 6.45) is 0.651. The van der Waals surface area contributed by atoms with Crippen molar-refractivity contribution >= 4 is 12.2 Å². The SMILES string of the molecule is N.N.NC(=O)OCCCCCOC(N)=O. The van der Waals surface area contributed by atoms with Crippen molar-refractivity contribution < 1.29 is 19.1 Å². The van der Waals surface area contributed by atoms with Gasteiger partial charge in [-0.2, -0.15) is 0 Å². The van der Waals surface area contributed by atoms with E-state index < -0.39 is 12.2 Å². The van der Waals surface area contributed by atoms with Crippen LogP contribution in [0.15, 0.2) is 0 Å². The van der Waals surface area contributed by atoms with Gasteiger partial charge in [0.15, 0.2) is 0 Å². The molecule has 0 rings (SSSR count). The van der Waals surface area contributed by atoms with Crippen LogP contribution in [0.3, 0.4) is 0 Å². The topological polar surface area (TPSA) is 175 Å². The predicted molar refractivity (Wildman–Crippen MR) is 55.0 cm³/mol. The molecule has 0 spiro atoms. The number of ether oxygens (including phenoxy) is 2. The molecule has 0 aliphatic rings. The Hall–Kier alpha value is -1.54. The molecule has 0 saturated heterocycles. The van der Waals surface area contributed by atoms with Gasteiger partial charge in [-0.05, 0) is 19.3 Å². The summed E-state index contributed by atoms with van der Waals surface area (Å²) in [6.45, 7) is 0.595. The van der Waals surface area contributed by atoms with E-state index in [1.807, 2.05) is 0 Å². The average Bonchev–Trinajstić information content (AvgIpc) is 2.01. The first-order chi connectivity index (χ1) is 6.13. The van der Waals surface area contributed by atoms with Gasteiger partial charge in [0, 0.05) is 0 Å². The highest BCUT2D eigenvalue weighted by atomic mass is 16.5. The minimum atomic E-state index is -0.770. The lowest BCUT2D eigenvalue weighted by Gasteiger charge is -2.01. The molecule has 0 bridgehead atoms. The number of rotatable bonds is 6. The minimum Gasteiger partial charge on any atom is -0.450 e. The largest absolute Gasteiger partial charge is 0.450 e. The Morgan fingerprint density at radius 1 is 0.800 bits per heavy atom. The van der Waals surface area contributed by atoms with Gasteiger partial charge >= 0.3 is 12.2 Å². The Bertz CT molecular complexity index is 158. The second-order valence-corrected chi connectivity index (χ2v) is 2.40. The molecular formula is C7H20N4O4. The van der Waals surface area contributed by atoms with Crippen molar-refractivity contribution in [3.05, 3.63) is 0 Å². The Kier molecular flexibility index (Phi) is 15.9. The highest BCUT2D eigenvalue weighted by molar-refractivity contribution is 5.64. The zero-order valence-electron chi connectivity index (χ0n) is 8.74. The number of amides is 2. The highest BCUT2D eigenvalue weighted by Gasteiger charge is 1.95. The highest BCUT2D eigenvalue weighted by Crippen LogP contribution is 1.96. The fraction of sp³-hybridized carbons (Fsp3) is 0.714. The molecular weight excluding hydrogens is 204 g/mol. The van der Waals surface area contributed by atoms with Crippen LogP contribution >= 0.6 is 0 Å². The molecule has 92 valence electrons. The van der Waals surface area contributed by atoms with Gasteiger partial charge in [-0.1, -0.05) is 0 Å². The van der Waals surface area contributed by atoms with Crippen LogP contribution in [-0.2, 0) is 9.47 Å². The van der Waals surface area contributed by atoms with Gasteiger partial charge in [0.2, 0.25) is 0 Å². The van der Waals surface area contributed by atoms with Gasteiger partial charge in [-0.15, -0.1) is 0 Å². The lowest BCUT2D eigenvalue weighted by molar-refractivity contribution is 0.147. The summed E-state index contributed by atoms with van der Waals surface area (Å²) < 4.78 is 8.95. The van der Waals surface area contributed by atoms with Crippen molar-refractivity contribution in [2.45, 2.75) is 19.3 Å². The van der Waals surface area contributed by atoms with E-state index in [4.69, 9.17) is 11.5 Å². The number of nitrogens with two attached hydrogens (primary N) is 2. The molecule has 0 aliphatic heterocycles. The van der Waals surface area contributed by atoms with Crippen LogP contribution in [0.1, 0.15) is 19.3 Å². The molecule has 10 N–H and O–H groups in total. The Labute approximate surface area is 88.4 Å². The van der Waals surface area contributed by atoms with Crippen molar-refractivity contribution in [1.82, 2.24) is 12.3 Å². The van der Waals surface area contributed by atoms with Crippen LogP contribution in [-0.4, -0.2) is 25.4 Å². The van der Waals surface area contributed by atoms with E-state index in [1.165, 1.54) is 0 Å². The number of unbranched alkanes of at least 4 members (excludes halogenated alkanes) is 2. The zero-order chi connectivity index (χ0) is 10.1. The maximum Gasteiger partial charge on any atom is 0.404 e. The Balaban J connectivity index is -0.000000720. The van der Waals surface area contributed by atoms with Crippen LogP contribution in [0, 0.1) is 0 Å². The van der Waals surface area contributed by atoms with Gasteiger partial charge in [0.1, 0.15) is 0 Å². The Morgan fingerprint density at radius 2 is 1.13 bits per heavy atom. The molecule has 0 fully saturated rings. The van der Waals surface area contributed by atoms with E-state index >= 15 is 0 Å². The third-order valence-corrected chi connectivity index (χ3v) is 1.28. The zero-order valence-corrected chi connectivity index (χ0v) is 8.74. The van der Waals surface area contributed by atoms with Crippen molar-refractivity contribution in [2.24, 2.45) is 11.5 Å². The van der Waals surface area contributed by atoms with Gasteiger partial charge in [-0.3, -0.25) is 0 Å². The van der Waals surface area contributed by atoms with Gasteiger partial charge < -0.3 is 33.2 Å². The molecule has 8 heteroatoms. The van der Waals surface area contributed by atoms with Gasteiger partial charge in [0.25, 0.3) is 0 Å². The quantitative estimate of drug-likeness (QED) is 0.482. The summed E-state index contributed by atoms with van der Waals surface area (Å²) in [5.74, 6) is 0. The van der Waals surface area contributed by atoms with Crippen LogP contribution < -0.4 is 23.8 Å². The van der Waals surface area contributed by atoms with Crippen molar-refractivity contribution in [3.63, 3.8) is 0 Å². The molecule has 0 aromatic heterocycles. The number of primary amides is 2. The summed E-state index contributed by atoms with van der Waals surface area (Å²) >= 11 is 0. The third-order valence-electron chi connectivity index (χ3n) is 1.28. The fourth-order valence-corrected chi connectivity index (χ4v) is 0.726. The molecule has 0 aliphatic carbocycles. The van der Waals surface area contributed by atoms with Crippen molar-refractivity contribution in [3.8, 4) is 0 Å². The molecule has 8 nitrogen and oxygen atoms in total. The van der Waals surface area contributed by atoms with Gasteiger partial charge in [-0.25, -0.2) is 9.59 Å². The summed E-state index contributed by atoms with van der Waals surface area (Å²) in [4.78, 5) is 20.2. The van der Waals surface area contributed by atoms with E-state index in [9.17, 15) is 9.59 Å². The van der Waals surface area contributed by atoms with Crippen LogP contribution in [0.4, 0.5) is 9.59 Å². The lowest BCUT2D eigenvalue weighted by Crippen LogP contribution is -2.14. The molecule has 0 aromatic rings. The first kappa shape index (κ1) is 19.1. The maximum atomic E-state index is 10.1. The fourth-order valence-electron chi connectivity index (χ4n) is 0.726. The summed E-state index contributed by atoms with van der Waals surface area (Å²) in [7, 11) is 0. The number of hydrogen-bond acceptors (Lipinski definition) is 6. The smallest absolute Gasteiger partial charge is 0.404 e. The summed E-state index contributed by atoms with van der Waals surface area (Å²) in [5.41, 5.74) is 9.45. The molecule has 0 heterocycles. The maximum absolute atomic E-state index is 10.1. The molecule has 0 aromatic carbocycles. The molecule has 0 saturated carbocycles. The van der Waals surface area contributed by atoms with E-state index in [0.29, 0.717) is 26.1 Å². The number of hydrogen-bond donors (Lipinski definition) is 4. The van der Waals surface area contributed by atoms with Crippen LogP contribution in [0.2, 0.25) is 0 Å². The summed E-state index contributed by atoms with van der Waals surface area (Å²) in [6, 6.07) is 0. The normalized spacial score (nSPS) is 8.00. The molecule has 2 amide bonds. The van der Waals surface area contributed by atoms with E-state index in [0.717, 1.165) is 6.42 Å². The third kappa shape index (κ3) is 19.0.